The summed E-state index contributed by atoms with van der Waals surface area (Å²) in [7, 11) is 1.53. The van der Waals surface area contributed by atoms with Gasteiger partial charge in [-0.25, -0.2) is 4.99 Å². The van der Waals surface area contributed by atoms with Crippen molar-refractivity contribution in [2.75, 3.05) is 31.6 Å². The first kappa shape index (κ1) is 22.4. The van der Waals surface area contributed by atoms with E-state index in [1.807, 2.05) is 19.1 Å². The van der Waals surface area contributed by atoms with Gasteiger partial charge in [0, 0.05) is 37.4 Å². The highest BCUT2D eigenvalue weighted by molar-refractivity contribution is 5.79. The minimum atomic E-state index is -2.90. The van der Waals surface area contributed by atoms with E-state index in [4.69, 9.17) is 4.74 Å². The van der Waals surface area contributed by atoms with Gasteiger partial charge in [0.2, 0.25) is 0 Å². The molecule has 0 unspecified atom stereocenters. The Bertz CT molecular complexity index is 910. The molecule has 2 aromatic carbocycles. The van der Waals surface area contributed by atoms with E-state index in [2.05, 4.69) is 49.5 Å². The van der Waals surface area contributed by atoms with Gasteiger partial charge in [-0.05, 0) is 42.8 Å². The summed E-state index contributed by atoms with van der Waals surface area (Å²) in [5.41, 5.74) is 2.80. The van der Waals surface area contributed by atoms with E-state index < -0.39 is 6.61 Å². The molecule has 0 radical (unpaired) electrons. The number of anilines is 1. The summed E-state index contributed by atoms with van der Waals surface area (Å²) >= 11 is 0. The fraction of sp³-hybridized carbons (Fsp3) is 0.348. The van der Waals surface area contributed by atoms with Crippen LogP contribution in [0.25, 0.3) is 0 Å². The lowest BCUT2D eigenvalue weighted by Crippen LogP contribution is -2.36. The fourth-order valence-corrected chi connectivity index (χ4v) is 3.26. The molecule has 1 aliphatic rings. The van der Waals surface area contributed by atoms with E-state index in [0.29, 0.717) is 30.4 Å². The van der Waals surface area contributed by atoms with Crippen LogP contribution in [-0.2, 0) is 13.1 Å². The maximum absolute atomic E-state index is 12.7. The second-order valence-corrected chi connectivity index (χ2v) is 6.95. The molecule has 0 aliphatic carbocycles. The number of ether oxygens (including phenoxy) is 2. The van der Waals surface area contributed by atoms with Crippen LogP contribution in [0, 0.1) is 0 Å². The first-order valence-corrected chi connectivity index (χ1v) is 10.2. The van der Waals surface area contributed by atoms with Gasteiger partial charge in [0.05, 0.1) is 13.7 Å². The predicted molar refractivity (Wildman–Crippen MR) is 119 cm³/mol. The molecule has 1 heterocycles. The smallest absolute Gasteiger partial charge is 0.387 e. The lowest BCUT2D eigenvalue weighted by atomic mass is 10.2. The monoisotopic (exact) mass is 430 g/mol. The van der Waals surface area contributed by atoms with Crippen molar-refractivity contribution < 1.29 is 18.3 Å². The van der Waals surface area contributed by atoms with Crippen molar-refractivity contribution >= 4 is 11.6 Å². The van der Waals surface area contributed by atoms with Gasteiger partial charge in [0.1, 0.15) is 11.5 Å². The van der Waals surface area contributed by atoms with Gasteiger partial charge in [-0.15, -0.1) is 0 Å². The van der Waals surface area contributed by atoms with E-state index in [-0.39, 0.29) is 12.3 Å². The van der Waals surface area contributed by atoms with Crippen molar-refractivity contribution in [3.63, 3.8) is 0 Å². The zero-order valence-electron chi connectivity index (χ0n) is 17.8. The number of aliphatic imine (C=N–C) groups is 1. The van der Waals surface area contributed by atoms with Crippen LogP contribution < -0.4 is 25.0 Å². The van der Waals surface area contributed by atoms with Crippen molar-refractivity contribution in [2.45, 2.75) is 26.6 Å². The maximum Gasteiger partial charge on any atom is 0.387 e. The topological polar surface area (TPSA) is 58.1 Å². The van der Waals surface area contributed by atoms with Crippen LogP contribution in [0.15, 0.2) is 59.6 Å². The highest BCUT2D eigenvalue weighted by Gasteiger charge is 2.12. The maximum atomic E-state index is 12.7. The molecule has 0 saturated heterocycles. The average molecular weight is 430 g/mol. The Morgan fingerprint density at radius 3 is 2.65 bits per heavy atom. The number of benzene rings is 2. The van der Waals surface area contributed by atoms with Crippen molar-refractivity contribution in [2.24, 2.45) is 4.99 Å². The van der Waals surface area contributed by atoms with Crippen LogP contribution in [-0.4, -0.2) is 39.3 Å². The summed E-state index contributed by atoms with van der Waals surface area (Å²) in [4.78, 5) is 6.92. The molecular weight excluding hydrogens is 402 g/mol. The van der Waals surface area contributed by atoms with Gasteiger partial charge in [-0.1, -0.05) is 24.3 Å². The molecule has 0 aromatic heterocycles. The summed E-state index contributed by atoms with van der Waals surface area (Å²) < 4.78 is 35.3. The fourth-order valence-electron chi connectivity index (χ4n) is 3.26. The second kappa shape index (κ2) is 11.2. The van der Waals surface area contributed by atoms with Crippen molar-refractivity contribution in [3.8, 4) is 11.5 Å². The minimum absolute atomic E-state index is 0.103. The molecule has 0 fully saturated rings. The minimum Gasteiger partial charge on any atom is -0.497 e. The SMILES string of the molecule is CCNC(=NCc1cccc(N2CC=CC2)c1)NCc1cc(OC)ccc1OC(F)F. The Labute approximate surface area is 181 Å². The van der Waals surface area contributed by atoms with Crippen LogP contribution in [0.5, 0.6) is 11.5 Å². The van der Waals surface area contributed by atoms with Gasteiger partial charge >= 0.3 is 6.61 Å². The molecule has 0 bridgehead atoms. The lowest BCUT2D eigenvalue weighted by Gasteiger charge is -2.18. The molecule has 3 rings (SSSR count). The van der Waals surface area contributed by atoms with Gasteiger partial charge in [-0.2, -0.15) is 8.78 Å². The molecule has 31 heavy (non-hydrogen) atoms. The molecule has 0 saturated carbocycles. The van der Waals surface area contributed by atoms with Gasteiger partial charge < -0.3 is 25.0 Å². The standard InChI is InChI=1S/C23H28F2N4O2/c1-3-26-23(27-15-17-7-6-8-19(13-17)29-11-4-5-12-29)28-16-18-14-20(30-2)9-10-21(18)31-22(24)25/h4-10,13-14,22H,3,11-12,15-16H2,1-2H3,(H2,26,27,28). The van der Waals surface area contributed by atoms with Crippen LogP contribution in [0.3, 0.4) is 0 Å². The van der Waals surface area contributed by atoms with Gasteiger partial charge in [0.15, 0.2) is 5.96 Å². The highest BCUT2D eigenvalue weighted by atomic mass is 19.3. The number of hydrogen-bond donors (Lipinski definition) is 2. The Kier molecular flexibility index (Phi) is 8.09. The molecule has 1 aliphatic heterocycles. The van der Waals surface area contributed by atoms with Crippen molar-refractivity contribution in [1.29, 1.82) is 0 Å². The summed E-state index contributed by atoms with van der Waals surface area (Å²) in [6.07, 6.45) is 4.31. The van der Waals surface area contributed by atoms with Crippen molar-refractivity contribution in [3.05, 3.63) is 65.7 Å². The highest BCUT2D eigenvalue weighted by Crippen LogP contribution is 2.25. The quantitative estimate of drug-likeness (QED) is 0.359. The Morgan fingerprint density at radius 1 is 1.13 bits per heavy atom. The molecule has 0 amide bonds. The number of nitrogens with zero attached hydrogens (tertiary/aromatic N) is 2. The van der Waals surface area contributed by atoms with E-state index in [1.54, 1.807) is 12.1 Å². The zero-order chi connectivity index (χ0) is 22.1. The summed E-state index contributed by atoms with van der Waals surface area (Å²) in [6.45, 7) is 2.32. The Balaban J connectivity index is 1.68. The van der Waals surface area contributed by atoms with Crippen molar-refractivity contribution in [1.82, 2.24) is 10.6 Å². The Morgan fingerprint density at radius 2 is 1.94 bits per heavy atom. The third kappa shape index (κ3) is 6.60. The van der Waals surface area contributed by atoms with Gasteiger partial charge in [0.25, 0.3) is 0 Å². The third-order valence-corrected chi connectivity index (χ3v) is 4.79. The van der Waals surface area contributed by atoms with Crippen LogP contribution in [0.1, 0.15) is 18.1 Å². The summed E-state index contributed by atoms with van der Waals surface area (Å²) in [6, 6.07) is 13.0. The molecule has 0 atom stereocenters. The molecule has 2 N–H and O–H groups in total. The summed E-state index contributed by atoms with van der Waals surface area (Å²) in [5, 5.41) is 6.36. The number of nitrogens with one attached hydrogen (secondary N) is 2. The molecule has 166 valence electrons. The average Bonchev–Trinajstić information content (AvgIpc) is 3.31. The van der Waals surface area contributed by atoms with Crippen LogP contribution in [0.4, 0.5) is 14.5 Å². The predicted octanol–water partition coefficient (Wildman–Crippen LogP) is 3.93. The largest absolute Gasteiger partial charge is 0.497 e. The normalized spacial score (nSPS) is 13.6. The van der Waals surface area contributed by atoms with Gasteiger partial charge in [-0.3, -0.25) is 0 Å². The number of guanidine groups is 1. The molecule has 2 aromatic rings. The first-order chi connectivity index (χ1) is 15.1. The second-order valence-electron chi connectivity index (χ2n) is 6.95. The van der Waals surface area contributed by atoms with E-state index >= 15 is 0 Å². The number of alkyl halides is 2. The number of methoxy groups -OCH3 is 1. The Hall–Kier alpha value is -3.29. The van der Waals surface area contributed by atoms with E-state index in [1.165, 1.54) is 18.9 Å². The molecule has 8 heteroatoms. The number of halogens is 2. The lowest BCUT2D eigenvalue weighted by molar-refractivity contribution is -0.0504. The number of hydrogen-bond acceptors (Lipinski definition) is 4. The molecule has 0 spiro atoms. The number of rotatable bonds is 9. The zero-order valence-corrected chi connectivity index (χ0v) is 17.8. The van der Waals surface area contributed by atoms with Crippen LogP contribution >= 0.6 is 0 Å². The van der Waals surface area contributed by atoms with E-state index in [9.17, 15) is 8.78 Å². The molecular formula is C23H28F2N4O2. The van der Waals surface area contributed by atoms with Crippen LogP contribution in [0.2, 0.25) is 0 Å². The third-order valence-electron chi connectivity index (χ3n) is 4.79. The first-order valence-electron chi connectivity index (χ1n) is 10.2. The van der Waals surface area contributed by atoms with E-state index in [0.717, 1.165) is 18.7 Å². The molecule has 6 nitrogen and oxygen atoms in total. The summed E-state index contributed by atoms with van der Waals surface area (Å²) in [5.74, 6) is 1.25.